The van der Waals surface area contributed by atoms with Crippen LogP contribution in [0.3, 0.4) is 0 Å². The summed E-state index contributed by atoms with van der Waals surface area (Å²) >= 11 is 0. The number of allylic oxidation sites excluding steroid dienone is 1. The number of hydrogen-bond donors (Lipinski definition) is 2. The molecule has 0 radical (unpaired) electrons. The molecule has 27 heavy (non-hydrogen) atoms. The maximum Gasteiger partial charge on any atom is 0.338 e. The Kier molecular flexibility index (Phi) is 4.67. The molecule has 0 fully saturated rings. The number of aromatic nitrogens is 3. The molecule has 1 atom stereocenters. The molecular formula is C16H17N5O6. The van der Waals surface area contributed by atoms with Gasteiger partial charge in [0.05, 0.1) is 24.2 Å². The molecule has 3 rings (SSSR count). The molecule has 0 bridgehead atoms. The second-order valence-corrected chi connectivity index (χ2v) is 5.66. The lowest BCUT2D eigenvalue weighted by atomic mass is 9.95. The minimum absolute atomic E-state index is 0.0660. The zero-order valence-electron chi connectivity index (χ0n) is 14.8. The Balaban J connectivity index is 2.27. The van der Waals surface area contributed by atoms with Crippen LogP contribution in [0.1, 0.15) is 25.5 Å². The molecule has 0 unspecified atom stereocenters. The fourth-order valence-corrected chi connectivity index (χ4v) is 2.95. The summed E-state index contributed by atoms with van der Waals surface area (Å²) in [7, 11) is 1.24. The molecule has 2 N–H and O–H groups in total. The Bertz CT molecular complexity index is 951. The van der Waals surface area contributed by atoms with Crippen molar-refractivity contribution in [1.29, 1.82) is 0 Å². The van der Waals surface area contributed by atoms with Crippen LogP contribution in [0.25, 0.3) is 0 Å². The molecule has 0 saturated carbocycles. The van der Waals surface area contributed by atoms with Gasteiger partial charge < -0.3 is 19.9 Å². The Morgan fingerprint density at radius 3 is 2.85 bits per heavy atom. The van der Waals surface area contributed by atoms with Crippen LogP contribution >= 0.6 is 0 Å². The molecule has 1 aromatic carbocycles. The van der Waals surface area contributed by atoms with E-state index in [0.717, 1.165) is 0 Å². The maximum absolute atomic E-state index is 12.4. The van der Waals surface area contributed by atoms with Gasteiger partial charge in [0, 0.05) is 11.8 Å². The van der Waals surface area contributed by atoms with E-state index < -0.39 is 28.4 Å². The molecule has 1 aliphatic heterocycles. The molecule has 2 heterocycles. The SMILES string of the molecule is CCOc1cc([C@@H]2C(C(=O)OC)=C(C)Nc3ncnn32)cc([N+](=O)[O-])c1O. The number of nitrogens with one attached hydrogen (secondary N) is 1. The number of nitro groups is 1. The summed E-state index contributed by atoms with van der Waals surface area (Å²) in [5.74, 6) is -0.916. The lowest BCUT2D eigenvalue weighted by Crippen LogP contribution is -2.29. The van der Waals surface area contributed by atoms with E-state index in [0.29, 0.717) is 17.2 Å². The van der Waals surface area contributed by atoms with Crippen molar-refractivity contribution < 1.29 is 24.3 Å². The number of phenols is 1. The molecule has 11 nitrogen and oxygen atoms in total. The number of rotatable bonds is 5. The quantitative estimate of drug-likeness (QED) is 0.454. The molecule has 1 aromatic heterocycles. The minimum atomic E-state index is -0.852. The van der Waals surface area contributed by atoms with E-state index in [2.05, 4.69) is 15.4 Å². The first-order valence-electron chi connectivity index (χ1n) is 7.98. The van der Waals surface area contributed by atoms with Crippen LogP contribution in [-0.4, -0.2) is 44.5 Å². The monoisotopic (exact) mass is 375 g/mol. The standard InChI is InChI=1S/C16H17N5O6/c1-4-27-11-6-9(5-10(14(11)22)21(24)25)13-12(15(23)26-3)8(2)19-16-17-7-18-20(13)16/h5-7,13,22H,4H2,1-3H3,(H,17,18,19)/t13-/m1/s1. The Labute approximate surface area is 153 Å². The van der Waals surface area contributed by atoms with Gasteiger partial charge in [0.1, 0.15) is 12.4 Å². The summed E-state index contributed by atoms with van der Waals surface area (Å²) in [6.45, 7) is 3.53. The molecule has 0 spiro atoms. The summed E-state index contributed by atoms with van der Waals surface area (Å²) in [6, 6.07) is 1.76. The first-order chi connectivity index (χ1) is 12.9. The number of esters is 1. The number of nitrogens with zero attached hydrogens (tertiary/aromatic N) is 4. The Hall–Kier alpha value is -3.63. The molecule has 0 saturated heterocycles. The maximum atomic E-state index is 12.4. The first-order valence-corrected chi connectivity index (χ1v) is 7.98. The third-order valence-electron chi connectivity index (χ3n) is 4.09. The molecule has 2 aromatic rings. The predicted molar refractivity (Wildman–Crippen MR) is 92.4 cm³/mol. The number of anilines is 1. The van der Waals surface area contributed by atoms with E-state index in [1.165, 1.54) is 30.3 Å². The largest absolute Gasteiger partial charge is 0.500 e. The Morgan fingerprint density at radius 1 is 1.48 bits per heavy atom. The van der Waals surface area contributed by atoms with E-state index in [1.807, 2.05) is 0 Å². The number of benzene rings is 1. The van der Waals surface area contributed by atoms with Crippen LogP contribution in [0.5, 0.6) is 11.5 Å². The van der Waals surface area contributed by atoms with Crippen molar-refractivity contribution in [3.05, 3.63) is 45.4 Å². The first kappa shape index (κ1) is 18.2. The number of ether oxygens (including phenoxy) is 2. The number of methoxy groups -OCH3 is 1. The average molecular weight is 375 g/mol. The van der Waals surface area contributed by atoms with Crippen molar-refractivity contribution >= 4 is 17.6 Å². The number of aromatic hydroxyl groups is 1. The fraction of sp³-hybridized carbons (Fsp3) is 0.312. The van der Waals surface area contributed by atoms with Crippen LogP contribution in [0, 0.1) is 10.1 Å². The summed E-state index contributed by atoms with van der Waals surface area (Å²) < 4.78 is 11.6. The number of carbonyl (C=O) groups excluding carboxylic acids is 1. The van der Waals surface area contributed by atoms with Crippen LogP contribution < -0.4 is 10.1 Å². The molecule has 142 valence electrons. The highest BCUT2D eigenvalue weighted by atomic mass is 16.6. The topological polar surface area (TPSA) is 142 Å². The number of fused-ring (bicyclic) bond motifs is 1. The van der Waals surface area contributed by atoms with Crippen LogP contribution in [-0.2, 0) is 9.53 Å². The van der Waals surface area contributed by atoms with E-state index in [4.69, 9.17) is 9.47 Å². The fourth-order valence-electron chi connectivity index (χ4n) is 2.95. The van der Waals surface area contributed by atoms with Gasteiger partial charge in [0.15, 0.2) is 5.75 Å². The van der Waals surface area contributed by atoms with Gasteiger partial charge in [-0.15, -0.1) is 0 Å². The smallest absolute Gasteiger partial charge is 0.338 e. The normalized spacial score (nSPS) is 15.7. The van der Waals surface area contributed by atoms with E-state index >= 15 is 0 Å². The second-order valence-electron chi connectivity index (χ2n) is 5.66. The summed E-state index contributed by atoms with van der Waals surface area (Å²) in [5.41, 5.74) is 0.452. The third-order valence-corrected chi connectivity index (χ3v) is 4.09. The highest BCUT2D eigenvalue weighted by Gasteiger charge is 2.36. The van der Waals surface area contributed by atoms with Gasteiger partial charge in [-0.05, 0) is 25.5 Å². The zero-order chi connectivity index (χ0) is 19.7. The van der Waals surface area contributed by atoms with Crippen LogP contribution in [0.2, 0.25) is 0 Å². The molecule has 0 amide bonds. The number of hydrogen-bond acceptors (Lipinski definition) is 9. The molecular weight excluding hydrogens is 358 g/mol. The number of phenolic OH excluding ortho intramolecular Hbond substituents is 1. The summed E-state index contributed by atoms with van der Waals surface area (Å²) in [6.07, 6.45) is 1.29. The van der Waals surface area contributed by atoms with Crippen molar-refractivity contribution in [3.8, 4) is 11.5 Å². The molecule has 11 heteroatoms. The van der Waals surface area contributed by atoms with Crippen molar-refractivity contribution in [1.82, 2.24) is 14.8 Å². The number of nitro benzene ring substituents is 1. The Morgan fingerprint density at radius 2 is 2.22 bits per heavy atom. The van der Waals surface area contributed by atoms with Gasteiger partial charge in [-0.3, -0.25) is 10.1 Å². The zero-order valence-corrected chi connectivity index (χ0v) is 14.8. The van der Waals surface area contributed by atoms with Crippen molar-refractivity contribution in [3.63, 3.8) is 0 Å². The van der Waals surface area contributed by atoms with Gasteiger partial charge in [-0.2, -0.15) is 10.1 Å². The second kappa shape index (κ2) is 6.94. The minimum Gasteiger partial charge on any atom is -0.500 e. The number of carbonyl (C=O) groups is 1. The lowest BCUT2D eigenvalue weighted by Gasteiger charge is -2.28. The van der Waals surface area contributed by atoms with Crippen molar-refractivity contribution in [2.75, 3.05) is 19.0 Å². The average Bonchev–Trinajstić information content (AvgIpc) is 3.09. The van der Waals surface area contributed by atoms with Crippen molar-refractivity contribution in [2.45, 2.75) is 19.9 Å². The van der Waals surface area contributed by atoms with Gasteiger partial charge in [0.2, 0.25) is 11.7 Å². The van der Waals surface area contributed by atoms with Crippen LogP contribution in [0.4, 0.5) is 11.6 Å². The lowest BCUT2D eigenvalue weighted by molar-refractivity contribution is -0.386. The summed E-state index contributed by atoms with van der Waals surface area (Å²) in [4.78, 5) is 27.1. The van der Waals surface area contributed by atoms with Crippen molar-refractivity contribution in [2.24, 2.45) is 0 Å². The van der Waals surface area contributed by atoms with Crippen LogP contribution in [0.15, 0.2) is 29.7 Å². The van der Waals surface area contributed by atoms with Gasteiger partial charge in [-0.25, -0.2) is 9.48 Å². The van der Waals surface area contributed by atoms with Gasteiger partial charge >= 0.3 is 11.7 Å². The van der Waals surface area contributed by atoms with E-state index in [9.17, 15) is 20.0 Å². The highest BCUT2D eigenvalue weighted by molar-refractivity contribution is 5.92. The third kappa shape index (κ3) is 3.03. The molecule has 1 aliphatic rings. The predicted octanol–water partition coefficient (Wildman–Crippen LogP) is 1.75. The van der Waals surface area contributed by atoms with Gasteiger partial charge in [0.25, 0.3) is 0 Å². The van der Waals surface area contributed by atoms with Gasteiger partial charge in [-0.1, -0.05) is 0 Å². The highest BCUT2D eigenvalue weighted by Crippen LogP contribution is 2.43. The van der Waals surface area contributed by atoms with E-state index in [1.54, 1.807) is 13.8 Å². The molecule has 0 aliphatic carbocycles. The summed E-state index contributed by atoms with van der Waals surface area (Å²) in [5, 5.41) is 28.6. The van der Waals surface area contributed by atoms with E-state index in [-0.39, 0.29) is 17.9 Å².